The van der Waals surface area contributed by atoms with Crippen molar-refractivity contribution in [1.29, 1.82) is 0 Å². The molecule has 2 aromatic rings. The number of amides is 1. The average molecular weight is 538 g/mol. The Morgan fingerprint density at radius 2 is 1.82 bits per heavy atom. The number of carboxylic acid groups (broad SMARTS) is 1. The van der Waals surface area contributed by atoms with Crippen molar-refractivity contribution in [3.05, 3.63) is 57.4 Å². The molecule has 2 heterocycles. The predicted molar refractivity (Wildman–Crippen MR) is 141 cm³/mol. The maximum Gasteiger partial charge on any atom is 0.306 e. The number of hydrogen-bond donors (Lipinski definition) is 2. The number of allylic oxidation sites excluding steroid dienone is 2. The number of carbonyl (C=O) groups excluding carboxylic acids is 2. The number of aliphatic hydroxyl groups is 1. The molecule has 6 rings (SSSR count). The summed E-state index contributed by atoms with van der Waals surface area (Å²) in [7, 11) is 0. The van der Waals surface area contributed by atoms with Crippen LogP contribution in [-0.2, 0) is 22.4 Å². The molecule has 200 valence electrons. The van der Waals surface area contributed by atoms with Crippen molar-refractivity contribution in [3.8, 4) is 0 Å². The molecule has 2 N–H and O–H groups in total. The molecule has 0 radical (unpaired) electrons. The molecule has 3 aliphatic carbocycles. The summed E-state index contributed by atoms with van der Waals surface area (Å²) in [4.78, 5) is 40.5. The fourth-order valence-corrected chi connectivity index (χ4v) is 6.58. The van der Waals surface area contributed by atoms with Crippen LogP contribution >= 0.6 is 11.6 Å². The van der Waals surface area contributed by atoms with Crippen LogP contribution in [0.25, 0.3) is 5.57 Å². The number of fused-ring (bicyclic) bond motifs is 1. The number of nitrogens with zero attached hydrogens (tertiary/aromatic N) is 3. The summed E-state index contributed by atoms with van der Waals surface area (Å²) in [5, 5.41) is 24.8. The van der Waals surface area contributed by atoms with Crippen LogP contribution in [0.15, 0.2) is 24.3 Å². The number of likely N-dealkylation sites (tertiary alicyclic amines) is 1. The van der Waals surface area contributed by atoms with E-state index < -0.39 is 17.5 Å². The Bertz CT molecular complexity index is 1360. The number of benzene rings is 1. The smallest absolute Gasteiger partial charge is 0.306 e. The zero-order valence-corrected chi connectivity index (χ0v) is 22.2. The molecule has 1 aromatic heterocycles. The Morgan fingerprint density at radius 1 is 1.08 bits per heavy atom. The van der Waals surface area contributed by atoms with E-state index in [9.17, 15) is 24.6 Å². The van der Waals surface area contributed by atoms with Gasteiger partial charge in [0.2, 0.25) is 5.91 Å². The lowest BCUT2D eigenvalue weighted by Crippen LogP contribution is -2.63. The molecule has 9 heteroatoms. The van der Waals surface area contributed by atoms with E-state index >= 15 is 0 Å². The fourth-order valence-electron chi connectivity index (χ4n) is 6.32. The molecule has 2 unspecified atom stereocenters. The highest BCUT2D eigenvalue weighted by atomic mass is 35.5. The maximum atomic E-state index is 14.1. The highest BCUT2D eigenvalue weighted by molar-refractivity contribution is 6.34. The van der Waals surface area contributed by atoms with E-state index in [1.807, 2.05) is 18.2 Å². The van der Waals surface area contributed by atoms with E-state index in [0.717, 1.165) is 40.9 Å². The first kappa shape index (κ1) is 25.3. The molecule has 4 aliphatic rings. The van der Waals surface area contributed by atoms with Crippen LogP contribution in [0.5, 0.6) is 0 Å². The number of carboxylic acids is 1. The van der Waals surface area contributed by atoms with Crippen molar-refractivity contribution in [2.45, 2.75) is 69.8 Å². The molecule has 0 spiro atoms. The second kappa shape index (κ2) is 9.35. The van der Waals surface area contributed by atoms with Crippen LogP contribution in [0.2, 0.25) is 5.02 Å². The molecular formula is C29H32ClN3O5. The van der Waals surface area contributed by atoms with Crippen molar-refractivity contribution >= 4 is 35.0 Å². The summed E-state index contributed by atoms with van der Waals surface area (Å²) in [6.07, 6.45) is 7.19. The minimum atomic E-state index is -0.842. The second-order valence-electron chi connectivity index (χ2n) is 11.6. The van der Waals surface area contributed by atoms with Gasteiger partial charge in [0.25, 0.3) is 5.91 Å². The number of aliphatic carboxylic acids is 1. The Kier molecular flexibility index (Phi) is 6.23. The minimum Gasteiger partial charge on any atom is -0.481 e. The van der Waals surface area contributed by atoms with Crippen LogP contribution in [0.4, 0.5) is 0 Å². The van der Waals surface area contributed by atoms with Gasteiger partial charge >= 0.3 is 5.97 Å². The summed E-state index contributed by atoms with van der Waals surface area (Å²) >= 11 is 6.59. The van der Waals surface area contributed by atoms with Gasteiger partial charge in [-0.2, -0.15) is 9.78 Å². The topological polar surface area (TPSA) is 113 Å². The van der Waals surface area contributed by atoms with E-state index in [1.54, 1.807) is 17.9 Å². The van der Waals surface area contributed by atoms with Crippen LogP contribution in [0.3, 0.4) is 0 Å². The third-order valence-electron chi connectivity index (χ3n) is 8.53. The van der Waals surface area contributed by atoms with Gasteiger partial charge in [-0.25, -0.2) is 0 Å². The highest BCUT2D eigenvalue weighted by Crippen LogP contribution is 2.44. The van der Waals surface area contributed by atoms with Crippen LogP contribution in [0.1, 0.15) is 84.2 Å². The van der Waals surface area contributed by atoms with Crippen molar-refractivity contribution in [2.75, 3.05) is 13.1 Å². The van der Waals surface area contributed by atoms with Gasteiger partial charge in [0.1, 0.15) is 0 Å². The molecule has 38 heavy (non-hydrogen) atoms. The Labute approximate surface area is 226 Å². The Hall–Kier alpha value is -2.97. The molecule has 1 aliphatic heterocycles. The van der Waals surface area contributed by atoms with Crippen molar-refractivity contribution in [1.82, 2.24) is 14.7 Å². The van der Waals surface area contributed by atoms with Gasteiger partial charge in [0.15, 0.2) is 0 Å². The lowest BCUT2D eigenvalue weighted by Gasteiger charge is -2.45. The van der Waals surface area contributed by atoms with Crippen molar-refractivity contribution in [3.63, 3.8) is 0 Å². The van der Waals surface area contributed by atoms with Gasteiger partial charge < -0.3 is 15.1 Å². The van der Waals surface area contributed by atoms with E-state index in [1.165, 1.54) is 4.68 Å². The SMILES string of the molecule is CC1(O)CN(C(=O)C2CCc3c(C4=CCC(C(=O)O)CC4)nn(C(=O)c4c(Cl)cccc4C4CC4)c3C2)C1. The van der Waals surface area contributed by atoms with Gasteiger partial charge in [-0.15, -0.1) is 0 Å². The second-order valence-corrected chi connectivity index (χ2v) is 12.0. The normalized spacial score (nSPS) is 24.3. The van der Waals surface area contributed by atoms with E-state index in [4.69, 9.17) is 16.7 Å². The molecular weight excluding hydrogens is 506 g/mol. The van der Waals surface area contributed by atoms with Gasteiger partial charge in [-0.3, -0.25) is 14.4 Å². The lowest BCUT2D eigenvalue weighted by molar-refractivity contribution is -0.157. The number of rotatable bonds is 5. The third kappa shape index (κ3) is 4.47. The summed E-state index contributed by atoms with van der Waals surface area (Å²) in [6.45, 7) is 2.37. The molecule has 8 nitrogen and oxygen atoms in total. The first-order chi connectivity index (χ1) is 18.1. The Morgan fingerprint density at radius 3 is 2.45 bits per heavy atom. The largest absolute Gasteiger partial charge is 0.481 e. The first-order valence-electron chi connectivity index (χ1n) is 13.5. The van der Waals surface area contributed by atoms with Crippen LogP contribution < -0.4 is 0 Å². The van der Waals surface area contributed by atoms with E-state index in [-0.39, 0.29) is 17.7 Å². The van der Waals surface area contributed by atoms with Gasteiger partial charge in [-0.1, -0.05) is 29.8 Å². The van der Waals surface area contributed by atoms with Gasteiger partial charge in [0.05, 0.1) is 46.6 Å². The Balaban J connectivity index is 1.38. The quantitative estimate of drug-likeness (QED) is 0.594. The zero-order valence-electron chi connectivity index (χ0n) is 21.5. The summed E-state index contributed by atoms with van der Waals surface area (Å²) in [5.41, 5.74) is 4.00. The first-order valence-corrected chi connectivity index (χ1v) is 13.9. The number of aromatic nitrogens is 2. The number of hydrogen-bond acceptors (Lipinski definition) is 5. The lowest BCUT2D eigenvalue weighted by atomic mass is 9.81. The number of carbonyl (C=O) groups is 3. The highest BCUT2D eigenvalue weighted by Gasteiger charge is 2.43. The van der Waals surface area contributed by atoms with Gasteiger partial charge in [0, 0.05) is 17.9 Å². The standard InChI is InChI=1S/C29H32ClN3O5/c1-29(38)14-32(15-29)26(34)19-11-12-21-23(13-19)33(31-25(21)17-7-9-18(10-8-17)28(36)37)27(35)24-20(16-5-6-16)3-2-4-22(24)30/h2-4,7,16,18-19,38H,5-6,8-15H2,1H3,(H,36,37). The summed E-state index contributed by atoms with van der Waals surface area (Å²) < 4.78 is 1.47. The molecule has 0 bridgehead atoms. The molecule has 1 aromatic carbocycles. The van der Waals surface area contributed by atoms with Crippen molar-refractivity contribution in [2.24, 2.45) is 11.8 Å². The van der Waals surface area contributed by atoms with Crippen LogP contribution in [-0.4, -0.2) is 61.4 Å². The van der Waals surface area contributed by atoms with Crippen LogP contribution in [0, 0.1) is 11.8 Å². The molecule has 2 atom stereocenters. The fraction of sp³-hybridized carbons (Fsp3) is 0.517. The monoisotopic (exact) mass is 537 g/mol. The van der Waals surface area contributed by atoms with E-state index in [2.05, 4.69) is 0 Å². The third-order valence-corrected chi connectivity index (χ3v) is 8.84. The molecule has 2 fully saturated rings. The average Bonchev–Trinajstić information content (AvgIpc) is 3.66. The summed E-state index contributed by atoms with van der Waals surface area (Å²) in [6, 6.07) is 5.57. The van der Waals surface area contributed by atoms with E-state index in [0.29, 0.717) is 68.1 Å². The maximum absolute atomic E-state index is 14.1. The molecule has 1 amide bonds. The summed E-state index contributed by atoms with van der Waals surface area (Å²) in [5.74, 6) is -1.44. The number of halogens is 1. The zero-order chi connectivity index (χ0) is 26.8. The minimum absolute atomic E-state index is 0.00141. The predicted octanol–water partition coefficient (Wildman–Crippen LogP) is 4.07. The van der Waals surface area contributed by atoms with Crippen molar-refractivity contribution < 1.29 is 24.6 Å². The number of β-amino-alcohol motifs (C(OH)–C–C–N with tert-alkyl or cyclic N) is 1. The van der Waals surface area contributed by atoms with Gasteiger partial charge in [-0.05, 0) is 75.0 Å². The molecule has 1 saturated carbocycles. The molecule has 1 saturated heterocycles.